The van der Waals surface area contributed by atoms with Crippen LogP contribution in [-0.2, 0) is 9.59 Å². The van der Waals surface area contributed by atoms with Crippen LogP contribution in [0.15, 0.2) is 54.3 Å². The van der Waals surface area contributed by atoms with Crippen molar-refractivity contribution < 1.29 is 49.0 Å². The third-order valence-corrected chi connectivity index (χ3v) is 4.01. The van der Waals surface area contributed by atoms with Crippen LogP contribution in [0.2, 0.25) is 0 Å². The number of aryl methyl sites for hydroxylation is 2. The van der Waals surface area contributed by atoms with Gasteiger partial charge < -0.3 is 9.84 Å². The summed E-state index contributed by atoms with van der Waals surface area (Å²) >= 11 is 0. The van der Waals surface area contributed by atoms with Gasteiger partial charge in [0, 0.05) is 0 Å². The number of hydrazine groups is 1. The molecule has 0 aliphatic carbocycles. The molecule has 1 aliphatic rings. The summed E-state index contributed by atoms with van der Waals surface area (Å²) in [4.78, 5) is 25.3. The molecule has 128 valence electrons. The van der Waals surface area contributed by atoms with Crippen molar-refractivity contribution in [2.45, 2.75) is 13.8 Å². The molecule has 0 spiro atoms. The molecule has 26 heavy (non-hydrogen) atoms. The molecule has 0 atom stereocenters. The first kappa shape index (κ1) is 20.0. The van der Waals surface area contributed by atoms with Gasteiger partial charge in [0.15, 0.2) is 0 Å². The number of nitrogens with zero attached hydrogens (tertiary/aromatic N) is 2. The predicted octanol–water partition coefficient (Wildman–Crippen LogP) is -1.14. The van der Waals surface area contributed by atoms with Gasteiger partial charge in [-0.05, 0) is 43.7 Å². The summed E-state index contributed by atoms with van der Waals surface area (Å²) in [7, 11) is 1.49. The second-order valence-corrected chi connectivity index (χ2v) is 5.78. The van der Waals surface area contributed by atoms with Crippen LogP contribution in [0.3, 0.4) is 0 Å². The zero-order chi connectivity index (χ0) is 18.1. The number of anilines is 2. The maximum atomic E-state index is 12.7. The number of benzene rings is 2. The van der Waals surface area contributed by atoms with Gasteiger partial charge in [0.25, 0.3) is 11.8 Å². The summed E-state index contributed by atoms with van der Waals surface area (Å²) in [5, 5.41) is 13.6. The Morgan fingerprint density at radius 3 is 2.08 bits per heavy atom. The van der Waals surface area contributed by atoms with Gasteiger partial charge in [0.05, 0.1) is 18.4 Å². The number of hydrogen-bond donors (Lipinski definition) is 0. The van der Waals surface area contributed by atoms with E-state index in [0.717, 1.165) is 11.1 Å². The average Bonchev–Trinajstić information content (AvgIpc) is 2.85. The molecular weight excluding hydrogens is 343 g/mol. The molecule has 1 aliphatic heterocycles. The van der Waals surface area contributed by atoms with Crippen LogP contribution >= 0.6 is 0 Å². The van der Waals surface area contributed by atoms with E-state index in [9.17, 15) is 14.7 Å². The molecular formula is C19H17N2NaO4. The van der Waals surface area contributed by atoms with E-state index in [4.69, 9.17) is 4.74 Å². The molecule has 0 bridgehead atoms. The third-order valence-electron chi connectivity index (χ3n) is 4.01. The van der Waals surface area contributed by atoms with Gasteiger partial charge in [-0.25, -0.2) is 10.0 Å². The number of ether oxygens (including phenoxy) is 1. The van der Waals surface area contributed by atoms with Crippen LogP contribution in [0.4, 0.5) is 11.4 Å². The van der Waals surface area contributed by atoms with E-state index in [1.807, 2.05) is 32.0 Å². The monoisotopic (exact) mass is 360 g/mol. The molecule has 1 saturated heterocycles. The number of hydrogen-bond acceptors (Lipinski definition) is 4. The Labute approximate surface area is 173 Å². The van der Waals surface area contributed by atoms with E-state index >= 15 is 0 Å². The summed E-state index contributed by atoms with van der Waals surface area (Å²) in [5.74, 6) is -0.903. The van der Waals surface area contributed by atoms with Crippen molar-refractivity contribution in [3.05, 3.63) is 65.4 Å². The average molecular weight is 360 g/mol. The molecule has 3 rings (SSSR count). The number of methoxy groups -OCH3 is 1. The van der Waals surface area contributed by atoms with Gasteiger partial charge in [0.1, 0.15) is 11.4 Å². The van der Waals surface area contributed by atoms with Gasteiger partial charge in [-0.15, -0.1) is 6.26 Å². The molecule has 0 unspecified atom stereocenters. The van der Waals surface area contributed by atoms with Crippen LogP contribution < -0.4 is 49.4 Å². The minimum Gasteiger partial charge on any atom is -0.877 e. The zero-order valence-corrected chi connectivity index (χ0v) is 17.1. The van der Waals surface area contributed by atoms with Crippen molar-refractivity contribution in [3.63, 3.8) is 0 Å². The van der Waals surface area contributed by atoms with Crippen molar-refractivity contribution in [2.75, 3.05) is 17.1 Å². The van der Waals surface area contributed by atoms with E-state index in [-0.39, 0.29) is 29.6 Å². The van der Waals surface area contributed by atoms with Crippen LogP contribution in [0.25, 0.3) is 0 Å². The molecule has 0 radical (unpaired) electrons. The molecule has 1 fully saturated rings. The fourth-order valence-corrected chi connectivity index (χ4v) is 2.70. The Hall–Kier alpha value is -2.28. The molecule has 2 aromatic rings. The van der Waals surface area contributed by atoms with Crippen LogP contribution in [0, 0.1) is 13.8 Å². The van der Waals surface area contributed by atoms with Crippen LogP contribution in [0.1, 0.15) is 11.1 Å². The summed E-state index contributed by atoms with van der Waals surface area (Å²) in [6.07, 6.45) is 0.298. The zero-order valence-electron chi connectivity index (χ0n) is 15.1. The van der Waals surface area contributed by atoms with Gasteiger partial charge in [0.2, 0.25) is 0 Å². The number of carbonyl (C=O) groups is 2. The van der Waals surface area contributed by atoms with Crippen molar-refractivity contribution in [1.29, 1.82) is 0 Å². The Balaban J connectivity index is 0.00000243. The Morgan fingerprint density at radius 1 is 0.923 bits per heavy atom. The number of carbonyl (C=O) groups excluding carboxylic acids is 2. The molecule has 0 aromatic heterocycles. The second-order valence-electron chi connectivity index (χ2n) is 5.78. The van der Waals surface area contributed by atoms with Crippen LogP contribution in [-0.4, -0.2) is 18.9 Å². The quantitative estimate of drug-likeness (QED) is 0.300. The summed E-state index contributed by atoms with van der Waals surface area (Å²) in [5.41, 5.74) is 2.43. The van der Waals surface area contributed by atoms with E-state index in [2.05, 4.69) is 0 Å². The Morgan fingerprint density at radius 2 is 1.50 bits per heavy atom. The van der Waals surface area contributed by atoms with Crippen molar-refractivity contribution in [3.8, 4) is 5.75 Å². The van der Waals surface area contributed by atoms with E-state index < -0.39 is 17.4 Å². The van der Waals surface area contributed by atoms with E-state index in [1.165, 1.54) is 17.1 Å². The van der Waals surface area contributed by atoms with Gasteiger partial charge >= 0.3 is 29.6 Å². The maximum Gasteiger partial charge on any atom is 1.00 e. The van der Waals surface area contributed by atoms with E-state index in [1.54, 1.807) is 24.3 Å². The second kappa shape index (κ2) is 7.95. The van der Waals surface area contributed by atoms with Crippen LogP contribution in [0.5, 0.6) is 5.75 Å². The molecule has 0 N–H and O–H groups in total. The fourth-order valence-electron chi connectivity index (χ4n) is 2.70. The Bertz CT molecular complexity index is 878. The fraction of sp³-hybridized carbons (Fsp3) is 0.158. The van der Waals surface area contributed by atoms with E-state index in [0.29, 0.717) is 23.4 Å². The maximum absolute atomic E-state index is 12.7. The smallest absolute Gasteiger partial charge is 0.877 e. The first-order valence-corrected chi connectivity index (χ1v) is 7.70. The first-order valence-electron chi connectivity index (χ1n) is 7.70. The molecule has 6 nitrogen and oxygen atoms in total. The minimum absolute atomic E-state index is 0. The normalized spacial score (nSPS) is 15.4. The summed E-state index contributed by atoms with van der Waals surface area (Å²) < 4.78 is 5.36. The SMILES string of the molecule is COc1cc(C)ccc1N1C(=O)/C(=C/[O-])C(=O)N1c1ccc(C)cc1.[Na+]. The predicted molar refractivity (Wildman–Crippen MR) is 92.0 cm³/mol. The van der Waals surface area contributed by atoms with Crippen molar-refractivity contribution in [1.82, 2.24) is 0 Å². The molecule has 7 heteroatoms. The standard InChI is InChI=1S/C19H18N2O4.Na/c1-12-4-7-14(8-5-12)20-18(23)15(11-22)19(24)21(20)16-9-6-13(2)10-17(16)25-3;/h4-11,22H,1-3H3;/q;+1/p-1/b15-11+;. The number of amides is 2. The van der Waals surface area contributed by atoms with Crippen molar-refractivity contribution in [2.24, 2.45) is 0 Å². The first-order chi connectivity index (χ1) is 12.0. The number of rotatable bonds is 3. The largest absolute Gasteiger partial charge is 1.00 e. The molecule has 2 aromatic carbocycles. The van der Waals surface area contributed by atoms with Gasteiger partial charge in [-0.3, -0.25) is 9.59 Å². The minimum atomic E-state index is -0.678. The Kier molecular flexibility index (Phi) is 6.13. The molecule has 0 saturated carbocycles. The van der Waals surface area contributed by atoms with Gasteiger partial charge in [-0.2, -0.15) is 0 Å². The molecule has 2 amide bonds. The van der Waals surface area contributed by atoms with Crippen molar-refractivity contribution >= 4 is 23.2 Å². The summed E-state index contributed by atoms with van der Waals surface area (Å²) in [6, 6.07) is 12.4. The topological polar surface area (TPSA) is 72.9 Å². The molecule has 1 heterocycles. The third kappa shape index (κ3) is 3.35. The van der Waals surface area contributed by atoms with Gasteiger partial charge in [-0.1, -0.05) is 23.8 Å². The summed E-state index contributed by atoms with van der Waals surface area (Å²) in [6.45, 7) is 3.81.